The molecule has 0 aromatic heterocycles. The van der Waals surface area contributed by atoms with Crippen molar-refractivity contribution in [3.63, 3.8) is 0 Å². The predicted octanol–water partition coefficient (Wildman–Crippen LogP) is 1.08. The summed E-state index contributed by atoms with van der Waals surface area (Å²) in [6, 6.07) is 6.58. The van der Waals surface area contributed by atoms with Crippen molar-refractivity contribution in [3.05, 3.63) is 30.1 Å². The lowest BCUT2D eigenvalue weighted by molar-refractivity contribution is -0.130. The van der Waals surface area contributed by atoms with Crippen LogP contribution in [0.25, 0.3) is 0 Å². The Morgan fingerprint density at radius 1 is 1.37 bits per heavy atom. The number of anilines is 1. The van der Waals surface area contributed by atoms with Crippen LogP contribution in [0, 0.1) is 5.82 Å². The molecule has 0 spiro atoms. The average molecular weight is 265 g/mol. The molecule has 1 heterocycles. The van der Waals surface area contributed by atoms with Crippen molar-refractivity contribution >= 4 is 11.6 Å². The summed E-state index contributed by atoms with van der Waals surface area (Å²) in [4.78, 5) is 15.8. The number of nitrogens with zero attached hydrogens (tertiary/aromatic N) is 2. The van der Waals surface area contributed by atoms with Crippen LogP contribution in [0.4, 0.5) is 10.1 Å². The maximum absolute atomic E-state index is 13.7. The van der Waals surface area contributed by atoms with Crippen LogP contribution in [0.15, 0.2) is 24.3 Å². The molecule has 2 rings (SSSR count). The smallest absolute Gasteiger partial charge is 0.242 e. The van der Waals surface area contributed by atoms with Crippen LogP contribution < -0.4 is 10.2 Å². The number of likely N-dealkylation sites (N-methyl/N-ethyl adjacent to an activating group) is 1. The number of halogens is 1. The van der Waals surface area contributed by atoms with Crippen molar-refractivity contribution in [2.45, 2.75) is 6.92 Å². The molecular weight excluding hydrogens is 245 g/mol. The number of amides is 1. The Morgan fingerprint density at radius 2 is 2.05 bits per heavy atom. The van der Waals surface area contributed by atoms with Gasteiger partial charge in [0.25, 0.3) is 0 Å². The summed E-state index contributed by atoms with van der Waals surface area (Å²) in [6.07, 6.45) is 0. The number of nitrogens with one attached hydrogen (secondary N) is 1. The first-order chi connectivity index (χ1) is 9.22. The minimum Gasteiger partial charge on any atom is -0.360 e. The molecule has 1 aromatic carbocycles. The summed E-state index contributed by atoms with van der Waals surface area (Å²) in [5, 5.41) is 3.21. The number of carbonyl (C=O) groups excluding carboxylic acids is 1. The van der Waals surface area contributed by atoms with E-state index in [9.17, 15) is 9.18 Å². The minimum atomic E-state index is -0.280. The van der Waals surface area contributed by atoms with Crippen LogP contribution in [0.1, 0.15) is 6.92 Å². The molecule has 0 atom stereocenters. The third-order valence-electron chi connectivity index (χ3n) is 3.37. The quantitative estimate of drug-likeness (QED) is 0.885. The summed E-state index contributed by atoms with van der Waals surface area (Å²) < 4.78 is 13.7. The van der Waals surface area contributed by atoms with E-state index in [2.05, 4.69) is 5.32 Å². The molecule has 19 heavy (non-hydrogen) atoms. The molecule has 0 bridgehead atoms. The fourth-order valence-electron chi connectivity index (χ4n) is 2.25. The van der Waals surface area contributed by atoms with Crippen molar-refractivity contribution in [1.29, 1.82) is 0 Å². The first-order valence-corrected chi connectivity index (χ1v) is 6.70. The van der Waals surface area contributed by atoms with Crippen LogP contribution in [-0.2, 0) is 4.79 Å². The molecule has 5 heteroatoms. The predicted molar refractivity (Wildman–Crippen MR) is 73.7 cm³/mol. The van der Waals surface area contributed by atoms with Gasteiger partial charge in [-0.15, -0.1) is 0 Å². The van der Waals surface area contributed by atoms with E-state index in [1.54, 1.807) is 23.1 Å². The largest absolute Gasteiger partial charge is 0.360 e. The van der Waals surface area contributed by atoms with Gasteiger partial charge in [0.05, 0.1) is 12.2 Å². The molecule has 1 N–H and O–H groups in total. The van der Waals surface area contributed by atoms with E-state index < -0.39 is 0 Å². The van der Waals surface area contributed by atoms with Crippen LogP contribution in [0.2, 0.25) is 0 Å². The van der Waals surface area contributed by atoms with E-state index in [0.29, 0.717) is 12.2 Å². The number of benzene rings is 1. The van der Waals surface area contributed by atoms with Gasteiger partial charge in [-0.3, -0.25) is 4.79 Å². The molecule has 0 saturated carbocycles. The molecular formula is C14H20FN3O. The van der Waals surface area contributed by atoms with Gasteiger partial charge in [0, 0.05) is 32.7 Å². The number of rotatable bonds is 4. The van der Waals surface area contributed by atoms with Gasteiger partial charge in [-0.1, -0.05) is 12.1 Å². The molecule has 0 unspecified atom stereocenters. The fraction of sp³-hybridized carbons (Fsp3) is 0.500. The molecule has 0 aliphatic carbocycles. The van der Waals surface area contributed by atoms with Gasteiger partial charge in [-0.25, -0.2) is 4.39 Å². The monoisotopic (exact) mass is 265 g/mol. The third-order valence-corrected chi connectivity index (χ3v) is 3.37. The molecule has 1 aliphatic heterocycles. The number of hydrogen-bond acceptors (Lipinski definition) is 3. The first kappa shape index (κ1) is 13.8. The maximum atomic E-state index is 13.7. The lowest BCUT2D eigenvalue weighted by atomic mass is 10.2. The SMILES string of the molecule is CCN(CC(=O)N1CCNCC1)c1ccccc1F. The molecule has 1 fully saturated rings. The average Bonchev–Trinajstić information content (AvgIpc) is 2.46. The van der Waals surface area contributed by atoms with E-state index in [4.69, 9.17) is 0 Å². The molecule has 1 aliphatic rings. The van der Waals surface area contributed by atoms with Crippen molar-refractivity contribution in [3.8, 4) is 0 Å². The molecule has 1 aromatic rings. The highest BCUT2D eigenvalue weighted by Gasteiger charge is 2.19. The topological polar surface area (TPSA) is 35.6 Å². The van der Waals surface area contributed by atoms with Crippen LogP contribution >= 0.6 is 0 Å². The van der Waals surface area contributed by atoms with E-state index in [1.807, 2.05) is 11.8 Å². The number of carbonyl (C=O) groups is 1. The summed E-state index contributed by atoms with van der Waals surface area (Å²) in [5.74, 6) is -0.218. The number of para-hydroxylation sites is 1. The third kappa shape index (κ3) is 3.44. The Balaban J connectivity index is 2.02. The molecule has 104 valence electrons. The molecule has 1 saturated heterocycles. The van der Waals surface area contributed by atoms with E-state index in [-0.39, 0.29) is 18.3 Å². The van der Waals surface area contributed by atoms with Crippen molar-refractivity contribution in [2.75, 3.05) is 44.2 Å². The fourth-order valence-corrected chi connectivity index (χ4v) is 2.25. The van der Waals surface area contributed by atoms with Gasteiger partial charge in [0.15, 0.2) is 0 Å². The van der Waals surface area contributed by atoms with Crippen molar-refractivity contribution in [1.82, 2.24) is 10.2 Å². The summed E-state index contributed by atoms with van der Waals surface area (Å²) in [6.45, 7) is 5.89. The Bertz CT molecular complexity index is 432. The van der Waals surface area contributed by atoms with Crippen molar-refractivity contribution < 1.29 is 9.18 Å². The summed E-state index contributed by atoms with van der Waals surface area (Å²) in [7, 11) is 0. The lowest BCUT2D eigenvalue weighted by Gasteiger charge is -2.31. The second-order valence-electron chi connectivity index (χ2n) is 4.60. The highest BCUT2D eigenvalue weighted by Crippen LogP contribution is 2.18. The normalized spacial score (nSPS) is 15.4. The highest BCUT2D eigenvalue weighted by atomic mass is 19.1. The zero-order valence-corrected chi connectivity index (χ0v) is 11.2. The van der Waals surface area contributed by atoms with Gasteiger partial charge in [0.2, 0.25) is 5.91 Å². The van der Waals surface area contributed by atoms with E-state index in [0.717, 1.165) is 26.2 Å². The minimum absolute atomic E-state index is 0.0617. The van der Waals surface area contributed by atoms with Crippen LogP contribution in [-0.4, -0.2) is 50.1 Å². The second-order valence-corrected chi connectivity index (χ2v) is 4.60. The van der Waals surface area contributed by atoms with Crippen LogP contribution in [0.3, 0.4) is 0 Å². The Labute approximate surface area is 113 Å². The Morgan fingerprint density at radius 3 is 2.68 bits per heavy atom. The standard InChI is InChI=1S/C14H20FN3O/c1-2-17(13-6-4-3-5-12(13)15)11-14(19)18-9-7-16-8-10-18/h3-6,16H,2,7-11H2,1H3. The zero-order chi connectivity index (χ0) is 13.7. The van der Waals surface area contributed by atoms with E-state index >= 15 is 0 Å². The second kappa shape index (κ2) is 6.52. The summed E-state index contributed by atoms with van der Waals surface area (Å²) >= 11 is 0. The van der Waals surface area contributed by atoms with Gasteiger partial charge in [-0.2, -0.15) is 0 Å². The van der Waals surface area contributed by atoms with Crippen molar-refractivity contribution in [2.24, 2.45) is 0 Å². The number of hydrogen-bond donors (Lipinski definition) is 1. The van der Waals surface area contributed by atoms with Crippen LogP contribution in [0.5, 0.6) is 0 Å². The van der Waals surface area contributed by atoms with Gasteiger partial charge >= 0.3 is 0 Å². The zero-order valence-electron chi connectivity index (χ0n) is 11.2. The highest BCUT2D eigenvalue weighted by molar-refractivity contribution is 5.81. The van der Waals surface area contributed by atoms with Gasteiger partial charge in [0.1, 0.15) is 5.82 Å². The van der Waals surface area contributed by atoms with Gasteiger partial charge < -0.3 is 15.1 Å². The Hall–Kier alpha value is -1.62. The summed E-state index contributed by atoms with van der Waals surface area (Å²) in [5.41, 5.74) is 0.494. The molecule has 4 nitrogen and oxygen atoms in total. The molecule has 0 radical (unpaired) electrons. The van der Waals surface area contributed by atoms with E-state index in [1.165, 1.54) is 6.07 Å². The first-order valence-electron chi connectivity index (χ1n) is 6.70. The Kier molecular flexibility index (Phi) is 4.74. The van der Waals surface area contributed by atoms with Gasteiger partial charge in [-0.05, 0) is 19.1 Å². The number of piperazine rings is 1. The maximum Gasteiger partial charge on any atom is 0.242 e. The lowest BCUT2D eigenvalue weighted by Crippen LogP contribution is -2.49. The molecule has 1 amide bonds.